The highest BCUT2D eigenvalue weighted by Gasteiger charge is 2.24. The summed E-state index contributed by atoms with van der Waals surface area (Å²) in [7, 11) is 0. The van der Waals surface area contributed by atoms with Crippen molar-refractivity contribution in [3.05, 3.63) is 71.8 Å². The molecule has 8 nitrogen and oxygen atoms in total. The SMILES string of the molecule is N#CC(N)CC(NC(=O)[C@@H](N)COCc1ccccc1)C(=O)/C=C/c1ccc(O)cc1. The number of phenols is 1. The number of phenolic OH excluding ortho intramolecular Hbond substituents is 1. The summed E-state index contributed by atoms with van der Waals surface area (Å²) in [6.07, 6.45) is 2.78. The Morgan fingerprint density at radius 3 is 2.45 bits per heavy atom. The van der Waals surface area contributed by atoms with Crippen molar-refractivity contribution in [3.8, 4) is 11.8 Å². The van der Waals surface area contributed by atoms with E-state index in [-0.39, 0.29) is 18.8 Å². The number of hydrogen-bond acceptors (Lipinski definition) is 7. The second-order valence-electron chi connectivity index (χ2n) is 6.97. The van der Waals surface area contributed by atoms with Crippen LogP contribution in [0.2, 0.25) is 0 Å². The van der Waals surface area contributed by atoms with Gasteiger partial charge in [-0.15, -0.1) is 0 Å². The Hall–Kier alpha value is -3.51. The zero-order valence-corrected chi connectivity index (χ0v) is 17.0. The van der Waals surface area contributed by atoms with Crippen molar-refractivity contribution in [1.82, 2.24) is 5.32 Å². The number of nitrogens with two attached hydrogens (primary N) is 2. The van der Waals surface area contributed by atoms with Crippen LogP contribution < -0.4 is 16.8 Å². The van der Waals surface area contributed by atoms with Crippen molar-refractivity contribution in [2.24, 2.45) is 11.5 Å². The van der Waals surface area contributed by atoms with Gasteiger partial charge in [-0.2, -0.15) is 5.26 Å². The fourth-order valence-electron chi connectivity index (χ4n) is 2.67. The Bertz CT molecular complexity index is 923. The fourth-order valence-corrected chi connectivity index (χ4v) is 2.67. The third-order valence-electron chi connectivity index (χ3n) is 4.39. The Morgan fingerprint density at radius 2 is 1.81 bits per heavy atom. The Labute approximate surface area is 181 Å². The van der Waals surface area contributed by atoms with Crippen molar-refractivity contribution >= 4 is 17.8 Å². The minimum Gasteiger partial charge on any atom is -0.508 e. The van der Waals surface area contributed by atoms with Crippen molar-refractivity contribution in [1.29, 1.82) is 5.26 Å². The van der Waals surface area contributed by atoms with E-state index in [1.165, 1.54) is 18.2 Å². The number of nitriles is 1. The number of carbonyl (C=O) groups excluding carboxylic acids is 2. The van der Waals surface area contributed by atoms with Gasteiger partial charge in [-0.25, -0.2) is 0 Å². The molecular weight excluding hydrogens is 396 g/mol. The molecule has 0 aromatic heterocycles. The van der Waals surface area contributed by atoms with Crippen LogP contribution in [-0.2, 0) is 20.9 Å². The summed E-state index contributed by atoms with van der Waals surface area (Å²) in [5.41, 5.74) is 13.2. The van der Waals surface area contributed by atoms with E-state index in [9.17, 15) is 14.7 Å². The maximum absolute atomic E-state index is 12.6. The Morgan fingerprint density at radius 1 is 1.13 bits per heavy atom. The maximum Gasteiger partial charge on any atom is 0.239 e. The molecule has 162 valence electrons. The first-order valence-electron chi connectivity index (χ1n) is 9.73. The van der Waals surface area contributed by atoms with Gasteiger partial charge in [0.15, 0.2) is 5.78 Å². The van der Waals surface area contributed by atoms with Crippen LogP contribution in [0.4, 0.5) is 0 Å². The number of carbonyl (C=O) groups is 2. The van der Waals surface area contributed by atoms with Crippen molar-refractivity contribution in [2.75, 3.05) is 6.61 Å². The van der Waals surface area contributed by atoms with E-state index in [0.29, 0.717) is 12.2 Å². The van der Waals surface area contributed by atoms with Gasteiger partial charge in [0.25, 0.3) is 0 Å². The summed E-state index contributed by atoms with van der Waals surface area (Å²) in [4.78, 5) is 25.0. The highest BCUT2D eigenvalue weighted by molar-refractivity contribution is 6.00. The lowest BCUT2D eigenvalue weighted by Crippen LogP contribution is -2.51. The van der Waals surface area contributed by atoms with E-state index < -0.39 is 29.8 Å². The normalized spacial score (nSPS) is 13.8. The van der Waals surface area contributed by atoms with Crippen LogP contribution in [0.3, 0.4) is 0 Å². The summed E-state index contributed by atoms with van der Waals surface area (Å²) >= 11 is 0. The third-order valence-corrected chi connectivity index (χ3v) is 4.39. The maximum atomic E-state index is 12.6. The largest absolute Gasteiger partial charge is 0.508 e. The molecule has 0 radical (unpaired) electrons. The van der Waals surface area contributed by atoms with Gasteiger partial charge in [-0.05, 0) is 29.3 Å². The molecular formula is C23H26N4O4. The number of ether oxygens (including phenoxy) is 1. The minimum absolute atomic E-state index is 0.0325. The van der Waals surface area contributed by atoms with Crippen LogP contribution in [0.25, 0.3) is 6.08 Å². The van der Waals surface area contributed by atoms with Crippen molar-refractivity contribution in [2.45, 2.75) is 31.2 Å². The molecule has 2 rings (SSSR count). The lowest BCUT2D eigenvalue weighted by molar-refractivity contribution is -0.128. The van der Waals surface area contributed by atoms with E-state index in [1.54, 1.807) is 18.2 Å². The molecule has 0 aliphatic carbocycles. The average molecular weight is 422 g/mol. The predicted octanol–water partition coefficient (Wildman–Crippen LogP) is 1.24. The fraction of sp³-hybridized carbons (Fsp3) is 0.261. The molecule has 31 heavy (non-hydrogen) atoms. The van der Waals surface area contributed by atoms with Crippen LogP contribution in [0.5, 0.6) is 5.75 Å². The van der Waals surface area contributed by atoms with Gasteiger partial charge in [0, 0.05) is 6.42 Å². The molecule has 0 spiro atoms. The van der Waals surface area contributed by atoms with Gasteiger partial charge in [-0.1, -0.05) is 48.5 Å². The number of nitrogens with zero attached hydrogens (tertiary/aromatic N) is 1. The summed E-state index contributed by atoms with van der Waals surface area (Å²) in [6, 6.07) is 14.6. The number of hydrogen-bond donors (Lipinski definition) is 4. The molecule has 0 fully saturated rings. The Balaban J connectivity index is 1.94. The molecule has 0 saturated heterocycles. The molecule has 1 amide bonds. The smallest absolute Gasteiger partial charge is 0.239 e. The molecule has 3 atom stereocenters. The topological polar surface area (TPSA) is 151 Å². The highest BCUT2D eigenvalue weighted by atomic mass is 16.5. The molecule has 2 unspecified atom stereocenters. The van der Waals surface area contributed by atoms with Gasteiger partial charge < -0.3 is 26.6 Å². The van der Waals surface area contributed by atoms with Crippen LogP contribution in [-0.4, -0.2) is 41.5 Å². The number of aromatic hydroxyl groups is 1. The quantitative estimate of drug-likeness (QED) is 0.398. The van der Waals surface area contributed by atoms with Crippen LogP contribution >= 0.6 is 0 Å². The zero-order chi connectivity index (χ0) is 22.6. The standard InChI is InChI=1S/C23H26N4O4/c24-13-18(25)12-21(22(29)11-8-16-6-9-19(28)10-7-16)27-23(30)20(26)15-31-14-17-4-2-1-3-5-17/h1-11,18,20-21,28H,12,14-15,25-26H2,(H,27,30)/b11-8+/t18?,20-,21?/m0/s1. The summed E-state index contributed by atoms with van der Waals surface area (Å²) in [6.45, 7) is 0.272. The number of nitrogens with one attached hydrogen (secondary N) is 1. The third kappa shape index (κ3) is 8.40. The van der Waals surface area contributed by atoms with Crippen LogP contribution in [0.15, 0.2) is 60.7 Å². The van der Waals surface area contributed by atoms with Gasteiger partial charge >= 0.3 is 0 Å². The van der Waals surface area contributed by atoms with Crippen molar-refractivity contribution < 1.29 is 19.4 Å². The molecule has 6 N–H and O–H groups in total. The predicted molar refractivity (Wildman–Crippen MR) is 116 cm³/mol. The van der Waals surface area contributed by atoms with Gasteiger partial charge in [0.2, 0.25) is 5.91 Å². The number of amides is 1. The number of rotatable bonds is 11. The molecule has 0 saturated carbocycles. The molecule has 2 aromatic carbocycles. The van der Waals surface area contributed by atoms with E-state index in [1.807, 2.05) is 36.4 Å². The second-order valence-corrected chi connectivity index (χ2v) is 6.97. The zero-order valence-electron chi connectivity index (χ0n) is 17.0. The van der Waals surface area contributed by atoms with E-state index in [2.05, 4.69) is 5.32 Å². The summed E-state index contributed by atoms with van der Waals surface area (Å²) in [5, 5.41) is 20.9. The van der Waals surface area contributed by atoms with Crippen LogP contribution in [0.1, 0.15) is 17.5 Å². The van der Waals surface area contributed by atoms with E-state index in [0.717, 1.165) is 5.56 Å². The molecule has 0 aliphatic rings. The highest BCUT2D eigenvalue weighted by Crippen LogP contribution is 2.11. The molecule has 0 bridgehead atoms. The first-order chi connectivity index (χ1) is 14.9. The number of benzene rings is 2. The van der Waals surface area contributed by atoms with Crippen molar-refractivity contribution in [3.63, 3.8) is 0 Å². The van der Waals surface area contributed by atoms with Crippen LogP contribution in [0, 0.1) is 11.3 Å². The lowest BCUT2D eigenvalue weighted by Gasteiger charge is -2.20. The minimum atomic E-state index is -1.00. The van der Waals surface area contributed by atoms with Gasteiger partial charge in [-0.3, -0.25) is 9.59 Å². The molecule has 2 aromatic rings. The van der Waals surface area contributed by atoms with E-state index >= 15 is 0 Å². The number of ketones is 1. The summed E-state index contributed by atoms with van der Waals surface area (Å²) < 4.78 is 5.48. The lowest BCUT2D eigenvalue weighted by atomic mass is 10.0. The molecule has 0 heterocycles. The van der Waals surface area contributed by atoms with Gasteiger partial charge in [0.05, 0.1) is 31.4 Å². The van der Waals surface area contributed by atoms with E-state index in [4.69, 9.17) is 21.5 Å². The molecule has 0 aliphatic heterocycles. The molecule has 8 heteroatoms. The monoisotopic (exact) mass is 422 g/mol. The second kappa shape index (κ2) is 12.2. The summed E-state index contributed by atoms with van der Waals surface area (Å²) in [5.74, 6) is -0.892. The van der Waals surface area contributed by atoms with Gasteiger partial charge in [0.1, 0.15) is 11.8 Å². The Kier molecular flexibility index (Phi) is 9.39. The first kappa shape index (κ1) is 23.8. The average Bonchev–Trinajstić information content (AvgIpc) is 2.78. The first-order valence-corrected chi connectivity index (χ1v) is 9.73.